The summed E-state index contributed by atoms with van der Waals surface area (Å²) < 4.78 is 5.58. The molecule has 1 aromatic rings. The number of aliphatic carboxylic acids is 1. The summed E-state index contributed by atoms with van der Waals surface area (Å²) in [6.07, 6.45) is -0.313. The van der Waals surface area contributed by atoms with Gasteiger partial charge in [0.2, 0.25) is 0 Å². The highest BCUT2D eigenvalue weighted by atomic mass is 16.5. The third-order valence-corrected chi connectivity index (χ3v) is 2.61. The average molecular weight is 280 g/mol. The van der Waals surface area contributed by atoms with Crippen molar-refractivity contribution in [2.45, 2.75) is 19.4 Å². The fourth-order valence-corrected chi connectivity index (χ4v) is 1.67. The van der Waals surface area contributed by atoms with Crippen molar-refractivity contribution in [3.05, 3.63) is 35.9 Å². The summed E-state index contributed by atoms with van der Waals surface area (Å²) in [5, 5.41) is 13.6. The monoisotopic (exact) mass is 280 g/mol. The Balaban J connectivity index is 2.39. The number of rotatable bonds is 8. The van der Waals surface area contributed by atoms with Crippen molar-refractivity contribution in [3.63, 3.8) is 0 Å². The molecule has 20 heavy (non-hydrogen) atoms. The van der Waals surface area contributed by atoms with Gasteiger partial charge in [0.15, 0.2) is 0 Å². The van der Waals surface area contributed by atoms with Crippen LogP contribution in [0.4, 0.5) is 4.79 Å². The Morgan fingerprint density at radius 3 is 2.55 bits per heavy atom. The molecule has 6 heteroatoms. The van der Waals surface area contributed by atoms with E-state index in [-0.39, 0.29) is 19.1 Å². The van der Waals surface area contributed by atoms with E-state index in [9.17, 15) is 9.59 Å². The number of carbonyl (C=O) groups excluding carboxylic acids is 1. The minimum absolute atomic E-state index is 0.0962. The molecule has 0 aliphatic carbocycles. The standard InChI is InChI=1S/C14H20N2O4/c1-2-20-12(11-6-4-3-5-7-11)10-16-14(19)15-9-8-13(17)18/h3-7,12H,2,8-10H2,1H3,(H,17,18)(H2,15,16,19). The molecule has 1 unspecified atom stereocenters. The molecule has 0 fully saturated rings. The highest BCUT2D eigenvalue weighted by Gasteiger charge is 2.12. The first kappa shape index (κ1) is 16.0. The number of ether oxygens (including phenoxy) is 1. The molecule has 0 heterocycles. The first-order valence-electron chi connectivity index (χ1n) is 6.53. The maximum atomic E-state index is 11.5. The van der Waals surface area contributed by atoms with E-state index in [1.807, 2.05) is 37.3 Å². The van der Waals surface area contributed by atoms with Gasteiger partial charge < -0.3 is 20.5 Å². The van der Waals surface area contributed by atoms with Crippen LogP contribution in [0.25, 0.3) is 0 Å². The number of benzene rings is 1. The molecule has 0 spiro atoms. The van der Waals surface area contributed by atoms with Gasteiger partial charge in [-0.25, -0.2) is 4.79 Å². The van der Waals surface area contributed by atoms with Crippen molar-refractivity contribution in [1.29, 1.82) is 0 Å². The van der Waals surface area contributed by atoms with Crippen LogP contribution in [0.3, 0.4) is 0 Å². The predicted molar refractivity (Wildman–Crippen MR) is 74.5 cm³/mol. The van der Waals surface area contributed by atoms with Gasteiger partial charge in [0.05, 0.1) is 12.5 Å². The fourth-order valence-electron chi connectivity index (χ4n) is 1.67. The lowest BCUT2D eigenvalue weighted by atomic mass is 10.1. The molecular formula is C14H20N2O4. The van der Waals surface area contributed by atoms with Gasteiger partial charge >= 0.3 is 12.0 Å². The van der Waals surface area contributed by atoms with Gasteiger partial charge in [0.25, 0.3) is 0 Å². The Kier molecular flexibility index (Phi) is 7.13. The largest absolute Gasteiger partial charge is 0.481 e. The molecule has 1 atom stereocenters. The van der Waals surface area contributed by atoms with E-state index in [2.05, 4.69) is 10.6 Å². The Morgan fingerprint density at radius 2 is 1.95 bits per heavy atom. The lowest BCUT2D eigenvalue weighted by Crippen LogP contribution is -2.39. The number of carboxylic acid groups (broad SMARTS) is 1. The van der Waals surface area contributed by atoms with Gasteiger partial charge in [0, 0.05) is 19.7 Å². The summed E-state index contributed by atoms with van der Waals surface area (Å²) in [4.78, 5) is 21.8. The van der Waals surface area contributed by atoms with Gasteiger partial charge in [-0.05, 0) is 12.5 Å². The maximum absolute atomic E-state index is 11.5. The zero-order valence-electron chi connectivity index (χ0n) is 11.5. The van der Waals surface area contributed by atoms with Crippen LogP contribution in [0, 0.1) is 0 Å². The Bertz CT molecular complexity index is 422. The number of carbonyl (C=O) groups is 2. The topological polar surface area (TPSA) is 87.7 Å². The third kappa shape index (κ3) is 6.19. The van der Waals surface area contributed by atoms with Gasteiger partial charge in [-0.15, -0.1) is 0 Å². The number of urea groups is 1. The van der Waals surface area contributed by atoms with Crippen LogP contribution in [-0.4, -0.2) is 36.8 Å². The van der Waals surface area contributed by atoms with Gasteiger partial charge in [-0.2, -0.15) is 0 Å². The molecular weight excluding hydrogens is 260 g/mol. The molecule has 0 aliphatic heterocycles. The second-order valence-electron chi connectivity index (χ2n) is 4.14. The quantitative estimate of drug-likeness (QED) is 0.674. The van der Waals surface area contributed by atoms with E-state index in [0.29, 0.717) is 13.2 Å². The molecule has 0 bridgehead atoms. The molecule has 0 radical (unpaired) electrons. The van der Waals surface area contributed by atoms with Crippen molar-refractivity contribution in [3.8, 4) is 0 Å². The third-order valence-electron chi connectivity index (χ3n) is 2.61. The number of carboxylic acids is 1. The van der Waals surface area contributed by atoms with Crippen molar-refractivity contribution in [2.75, 3.05) is 19.7 Å². The SMILES string of the molecule is CCOC(CNC(=O)NCCC(=O)O)c1ccccc1. The normalized spacial score (nSPS) is 11.7. The van der Waals surface area contributed by atoms with Crippen molar-refractivity contribution in [2.24, 2.45) is 0 Å². The summed E-state index contributed by atoms with van der Waals surface area (Å²) in [5.74, 6) is -0.943. The summed E-state index contributed by atoms with van der Waals surface area (Å²) >= 11 is 0. The molecule has 3 N–H and O–H groups in total. The summed E-state index contributed by atoms with van der Waals surface area (Å²) in [7, 11) is 0. The van der Waals surface area contributed by atoms with Crippen molar-refractivity contribution >= 4 is 12.0 Å². The first-order valence-corrected chi connectivity index (χ1v) is 6.53. The van der Waals surface area contributed by atoms with Crippen LogP contribution in [0.2, 0.25) is 0 Å². The number of hydrogen-bond donors (Lipinski definition) is 3. The predicted octanol–water partition coefficient (Wildman–Crippen LogP) is 1.54. The second kappa shape index (κ2) is 8.92. The van der Waals surface area contributed by atoms with Crippen LogP contribution < -0.4 is 10.6 Å². The molecule has 0 saturated carbocycles. The molecule has 6 nitrogen and oxygen atoms in total. The first-order chi connectivity index (χ1) is 9.63. The van der Waals surface area contributed by atoms with Gasteiger partial charge in [0.1, 0.15) is 0 Å². The Labute approximate surface area is 118 Å². The van der Waals surface area contributed by atoms with Crippen molar-refractivity contribution < 1.29 is 19.4 Å². The fraction of sp³-hybridized carbons (Fsp3) is 0.429. The number of amides is 2. The van der Waals surface area contributed by atoms with Crippen LogP contribution in [-0.2, 0) is 9.53 Å². The van der Waals surface area contributed by atoms with E-state index in [1.54, 1.807) is 0 Å². The second-order valence-corrected chi connectivity index (χ2v) is 4.14. The molecule has 1 aromatic carbocycles. The number of hydrogen-bond acceptors (Lipinski definition) is 3. The summed E-state index contributed by atoms with van der Waals surface area (Å²) in [6.45, 7) is 2.87. The highest BCUT2D eigenvalue weighted by molar-refractivity contribution is 5.75. The maximum Gasteiger partial charge on any atom is 0.314 e. The highest BCUT2D eigenvalue weighted by Crippen LogP contribution is 2.15. The lowest BCUT2D eigenvalue weighted by molar-refractivity contribution is -0.136. The Morgan fingerprint density at radius 1 is 1.25 bits per heavy atom. The molecule has 1 rings (SSSR count). The molecule has 0 aliphatic rings. The summed E-state index contributed by atoms with van der Waals surface area (Å²) in [5.41, 5.74) is 0.986. The van der Waals surface area contributed by atoms with E-state index >= 15 is 0 Å². The zero-order valence-corrected chi connectivity index (χ0v) is 11.5. The van der Waals surface area contributed by atoms with E-state index in [1.165, 1.54) is 0 Å². The van der Waals surface area contributed by atoms with Crippen molar-refractivity contribution in [1.82, 2.24) is 10.6 Å². The van der Waals surface area contributed by atoms with Crippen LogP contribution in [0.1, 0.15) is 25.0 Å². The average Bonchev–Trinajstić information content (AvgIpc) is 2.44. The zero-order chi connectivity index (χ0) is 14.8. The van der Waals surface area contributed by atoms with E-state index in [0.717, 1.165) is 5.56 Å². The smallest absolute Gasteiger partial charge is 0.314 e. The molecule has 2 amide bonds. The van der Waals surface area contributed by atoms with Crippen LogP contribution >= 0.6 is 0 Å². The van der Waals surface area contributed by atoms with Crippen LogP contribution in [0.15, 0.2) is 30.3 Å². The molecule has 110 valence electrons. The minimum Gasteiger partial charge on any atom is -0.481 e. The summed E-state index contributed by atoms with van der Waals surface area (Å²) in [6, 6.07) is 9.21. The molecule has 0 saturated heterocycles. The van der Waals surface area contributed by atoms with Gasteiger partial charge in [-0.1, -0.05) is 30.3 Å². The lowest BCUT2D eigenvalue weighted by Gasteiger charge is -2.18. The van der Waals surface area contributed by atoms with Gasteiger partial charge in [-0.3, -0.25) is 4.79 Å². The number of nitrogens with one attached hydrogen (secondary N) is 2. The van der Waals surface area contributed by atoms with Crippen LogP contribution in [0.5, 0.6) is 0 Å². The van der Waals surface area contributed by atoms with E-state index < -0.39 is 12.0 Å². The minimum atomic E-state index is -0.943. The molecule has 0 aromatic heterocycles. The van der Waals surface area contributed by atoms with E-state index in [4.69, 9.17) is 9.84 Å². The Hall–Kier alpha value is -2.08.